The van der Waals surface area contributed by atoms with Crippen LogP contribution < -0.4 is 0 Å². The molecule has 0 aromatic heterocycles. The van der Waals surface area contributed by atoms with Gasteiger partial charge in [0.1, 0.15) is 0 Å². The molecule has 0 heterocycles. The molecular weight excluding hydrogens is 116 g/mol. The van der Waals surface area contributed by atoms with Crippen molar-refractivity contribution in [2.75, 3.05) is 0 Å². The number of rotatable bonds is 0. The van der Waals surface area contributed by atoms with Crippen LogP contribution in [-0.2, 0) is 17.1 Å². The second-order valence-corrected chi connectivity index (χ2v) is 1.09. The first-order chi connectivity index (χ1) is 1.73. The number of hydrogen-bond acceptors (Lipinski definition) is 1. The van der Waals surface area contributed by atoms with E-state index in [1.807, 2.05) is 0 Å². The molecule has 0 bridgehead atoms. The zero-order valence-corrected chi connectivity index (χ0v) is 4.27. The van der Waals surface area contributed by atoms with Crippen molar-refractivity contribution in [1.82, 2.24) is 0 Å². The van der Waals surface area contributed by atoms with Crippen molar-refractivity contribution in [2.45, 2.75) is 20.0 Å². The second kappa shape index (κ2) is 4.48. The summed E-state index contributed by atoms with van der Waals surface area (Å²) in [6.45, 7) is 3.44. The van der Waals surface area contributed by atoms with E-state index < -0.39 is 0 Å². The minimum Gasteiger partial charge on any atom is -0.394 e. The summed E-state index contributed by atoms with van der Waals surface area (Å²) in [5.41, 5.74) is 0. The van der Waals surface area contributed by atoms with Crippen LogP contribution in [0.4, 0.5) is 0 Å². The Hall–Kier alpha value is 0.479. The van der Waals surface area contributed by atoms with Crippen LogP contribution in [0.15, 0.2) is 0 Å². The Kier molecular flexibility index (Phi) is 8.14. The molecule has 0 amide bonds. The van der Waals surface area contributed by atoms with Crippen molar-refractivity contribution in [2.24, 2.45) is 0 Å². The SMILES string of the molecule is CC(C)O.[Cu+2]. The Morgan fingerprint density at radius 3 is 1.40 bits per heavy atom. The molecule has 0 aromatic carbocycles. The zero-order chi connectivity index (χ0) is 3.58. The van der Waals surface area contributed by atoms with Gasteiger partial charge in [-0.15, -0.1) is 0 Å². The van der Waals surface area contributed by atoms with Crippen molar-refractivity contribution in [3.8, 4) is 0 Å². The molecule has 0 saturated carbocycles. The van der Waals surface area contributed by atoms with Gasteiger partial charge in [-0.2, -0.15) is 0 Å². The standard InChI is InChI=1S/C3H8O.Cu/c1-3(2)4;/h3-4H,1-2H3;/q;+2. The van der Waals surface area contributed by atoms with Crippen molar-refractivity contribution in [3.63, 3.8) is 0 Å². The van der Waals surface area contributed by atoms with Gasteiger partial charge in [-0.1, -0.05) is 0 Å². The molecule has 5 heavy (non-hydrogen) atoms. The molecule has 1 N–H and O–H groups in total. The molecule has 1 radical (unpaired) electrons. The Bertz CT molecular complexity index is 11.6. The summed E-state index contributed by atoms with van der Waals surface area (Å²) >= 11 is 0. The van der Waals surface area contributed by atoms with Crippen LogP contribution in [0.3, 0.4) is 0 Å². The molecule has 0 aromatic rings. The van der Waals surface area contributed by atoms with E-state index in [-0.39, 0.29) is 23.2 Å². The Labute approximate surface area is 42.9 Å². The second-order valence-electron chi connectivity index (χ2n) is 1.09. The first-order valence-electron chi connectivity index (χ1n) is 1.41. The van der Waals surface area contributed by atoms with Crippen LogP contribution in [0.5, 0.6) is 0 Å². The first-order valence-corrected chi connectivity index (χ1v) is 1.41. The summed E-state index contributed by atoms with van der Waals surface area (Å²) in [6, 6.07) is 0. The molecule has 0 fully saturated rings. The zero-order valence-electron chi connectivity index (χ0n) is 3.33. The van der Waals surface area contributed by atoms with Gasteiger partial charge in [0.25, 0.3) is 0 Å². The van der Waals surface area contributed by atoms with Crippen LogP contribution in [0.1, 0.15) is 13.8 Å². The maximum absolute atomic E-state index is 8.06. The van der Waals surface area contributed by atoms with E-state index in [2.05, 4.69) is 0 Å². The fourth-order valence-corrected chi connectivity index (χ4v) is 0. The smallest absolute Gasteiger partial charge is 0.394 e. The van der Waals surface area contributed by atoms with Crippen molar-refractivity contribution < 1.29 is 22.2 Å². The van der Waals surface area contributed by atoms with Crippen molar-refractivity contribution in [3.05, 3.63) is 0 Å². The largest absolute Gasteiger partial charge is 2.00 e. The monoisotopic (exact) mass is 123 g/mol. The minimum absolute atomic E-state index is 0. The van der Waals surface area contributed by atoms with Gasteiger partial charge in [-0.25, -0.2) is 0 Å². The van der Waals surface area contributed by atoms with Gasteiger partial charge in [0.05, 0.1) is 0 Å². The van der Waals surface area contributed by atoms with Crippen molar-refractivity contribution in [1.29, 1.82) is 0 Å². The van der Waals surface area contributed by atoms with Gasteiger partial charge in [-0.3, -0.25) is 0 Å². The van der Waals surface area contributed by atoms with Gasteiger partial charge in [0, 0.05) is 6.10 Å². The molecule has 0 atom stereocenters. The Balaban J connectivity index is 0. The molecule has 35 valence electrons. The third-order valence-corrected chi connectivity index (χ3v) is 0. The Morgan fingerprint density at radius 1 is 1.40 bits per heavy atom. The fraction of sp³-hybridized carbons (Fsp3) is 1.00. The normalized spacial score (nSPS) is 7.20. The van der Waals surface area contributed by atoms with Gasteiger partial charge < -0.3 is 5.11 Å². The van der Waals surface area contributed by atoms with E-state index in [4.69, 9.17) is 5.11 Å². The molecule has 2 heteroatoms. The predicted molar refractivity (Wildman–Crippen MR) is 17.4 cm³/mol. The molecule has 0 aliphatic carbocycles. The minimum atomic E-state index is -0.167. The fourth-order valence-electron chi connectivity index (χ4n) is 0. The quantitative estimate of drug-likeness (QED) is 0.462. The van der Waals surface area contributed by atoms with E-state index >= 15 is 0 Å². The van der Waals surface area contributed by atoms with Crippen LogP contribution in [0, 0.1) is 0 Å². The predicted octanol–water partition coefficient (Wildman–Crippen LogP) is 0.385. The third-order valence-electron chi connectivity index (χ3n) is 0. The summed E-state index contributed by atoms with van der Waals surface area (Å²) in [5, 5.41) is 8.06. The molecular formula is C3H8CuO+2. The van der Waals surface area contributed by atoms with Crippen LogP contribution >= 0.6 is 0 Å². The number of aliphatic hydroxyl groups excluding tert-OH is 1. The summed E-state index contributed by atoms with van der Waals surface area (Å²) in [7, 11) is 0. The summed E-state index contributed by atoms with van der Waals surface area (Å²) in [4.78, 5) is 0. The van der Waals surface area contributed by atoms with Crippen LogP contribution in [0.25, 0.3) is 0 Å². The molecule has 1 nitrogen and oxygen atoms in total. The van der Waals surface area contributed by atoms with E-state index in [9.17, 15) is 0 Å². The van der Waals surface area contributed by atoms with Gasteiger partial charge >= 0.3 is 17.1 Å². The molecule has 0 aliphatic heterocycles. The maximum Gasteiger partial charge on any atom is 2.00 e. The van der Waals surface area contributed by atoms with Gasteiger partial charge in [0.2, 0.25) is 0 Å². The molecule has 0 aliphatic rings. The average molecular weight is 124 g/mol. The van der Waals surface area contributed by atoms with Crippen molar-refractivity contribution >= 4 is 0 Å². The summed E-state index contributed by atoms with van der Waals surface area (Å²) < 4.78 is 0. The van der Waals surface area contributed by atoms with E-state index in [0.29, 0.717) is 0 Å². The molecule has 0 rings (SSSR count). The summed E-state index contributed by atoms with van der Waals surface area (Å²) in [5.74, 6) is 0. The number of aliphatic hydroxyl groups is 1. The molecule has 0 unspecified atom stereocenters. The third kappa shape index (κ3) is 120. The maximum atomic E-state index is 8.06. The van der Waals surface area contributed by atoms with E-state index in [1.54, 1.807) is 13.8 Å². The van der Waals surface area contributed by atoms with E-state index in [0.717, 1.165) is 0 Å². The molecule has 0 saturated heterocycles. The average Bonchev–Trinajstić information content (AvgIpc) is 0.811. The van der Waals surface area contributed by atoms with E-state index in [1.165, 1.54) is 0 Å². The Morgan fingerprint density at radius 2 is 1.40 bits per heavy atom. The molecule has 0 spiro atoms. The van der Waals surface area contributed by atoms with Gasteiger partial charge in [0.15, 0.2) is 0 Å². The topological polar surface area (TPSA) is 20.2 Å². The first kappa shape index (κ1) is 9.08. The van der Waals surface area contributed by atoms with Gasteiger partial charge in [-0.05, 0) is 13.8 Å². The van der Waals surface area contributed by atoms with Crippen LogP contribution in [-0.4, -0.2) is 11.2 Å². The summed E-state index contributed by atoms with van der Waals surface area (Å²) in [6.07, 6.45) is -0.167. The number of hydrogen-bond donors (Lipinski definition) is 1. The van der Waals surface area contributed by atoms with Crippen LogP contribution in [0.2, 0.25) is 0 Å².